The van der Waals surface area contributed by atoms with E-state index in [-0.39, 0.29) is 11.9 Å². The predicted molar refractivity (Wildman–Crippen MR) is 141 cm³/mol. The van der Waals surface area contributed by atoms with E-state index in [9.17, 15) is 14.7 Å². The number of carboxylic acid groups (broad SMARTS) is 1. The lowest BCUT2D eigenvalue weighted by Crippen LogP contribution is -2.37. The summed E-state index contributed by atoms with van der Waals surface area (Å²) in [4.78, 5) is 26.0. The molecular weight excluding hydrogens is 440 g/mol. The zero-order valence-corrected chi connectivity index (χ0v) is 21.3. The molecule has 190 valence electrons. The van der Waals surface area contributed by atoms with Crippen LogP contribution in [0.1, 0.15) is 70.3 Å². The minimum absolute atomic E-state index is 0.104. The molecule has 0 aliphatic heterocycles. The fraction of sp³-hybridized carbons (Fsp3) is 0.517. The molecule has 0 aromatic heterocycles. The second kappa shape index (κ2) is 13.3. The normalized spacial score (nSPS) is 14.8. The first-order valence-electron chi connectivity index (χ1n) is 13.0. The van der Waals surface area contributed by atoms with Gasteiger partial charge in [0, 0.05) is 25.2 Å². The van der Waals surface area contributed by atoms with E-state index in [1.165, 1.54) is 19.3 Å². The largest absolute Gasteiger partial charge is 0.479 e. The van der Waals surface area contributed by atoms with E-state index in [1.807, 2.05) is 55.5 Å². The summed E-state index contributed by atoms with van der Waals surface area (Å²) in [5.41, 5.74) is 3.77. The van der Waals surface area contributed by atoms with Gasteiger partial charge in [-0.3, -0.25) is 4.90 Å². The van der Waals surface area contributed by atoms with Gasteiger partial charge < -0.3 is 15.2 Å². The number of ether oxygens (including phenoxy) is 1. The molecule has 35 heavy (non-hydrogen) atoms. The van der Waals surface area contributed by atoms with Crippen molar-refractivity contribution in [3.63, 3.8) is 0 Å². The zero-order chi connectivity index (χ0) is 25.2. The average molecular weight is 481 g/mol. The molecule has 0 radical (unpaired) electrons. The Morgan fingerprint density at radius 3 is 2.43 bits per heavy atom. The molecular formula is C29H40N2O4. The summed E-state index contributed by atoms with van der Waals surface area (Å²) in [6.45, 7) is 5.30. The Balaban J connectivity index is 1.60. The van der Waals surface area contributed by atoms with Crippen molar-refractivity contribution in [2.45, 2.75) is 70.8 Å². The highest BCUT2D eigenvalue weighted by molar-refractivity contribution is 5.92. The Kier molecular flexibility index (Phi) is 10.2. The number of carboxylic acids is 1. The maximum Gasteiger partial charge on any atom is 0.333 e. The van der Waals surface area contributed by atoms with Gasteiger partial charge in [-0.25, -0.2) is 9.59 Å². The number of hydrogen-bond donors (Lipinski definition) is 2. The predicted octanol–water partition coefficient (Wildman–Crippen LogP) is 6.45. The monoisotopic (exact) mass is 480 g/mol. The van der Waals surface area contributed by atoms with Crippen LogP contribution in [0, 0.1) is 5.92 Å². The first kappa shape index (κ1) is 26.7. The zero-order valence-electron chi connectivity index (χ0n) is 21.3. The third-order valence-electron chi connectivity index (χ3n) is 6.77. The molecule has 2 aromatic rings. The molecule has 3 rings (SSSR count). The van der Waals surface area contributed by atoms with Gasteiger partial charge in [-0.15, -0.1) is 0 Å². The van der Waals surface area contributed by atoms with Crippen LogP contribution in [-0.2, 0) is 9.53 Å². The Bertz CT molecular complexity index is 955. The highest BCUT2D eigenvalue weighted by atomic mass is 16.5. The number of aliphatic carboxylic acids is 1. The van der Waals surface area contributed by atoms with Crippen LogP contribution in [0.5, 0.6) is 0 Å². The van der Waals surface area contributed by atoms with Gasteiger partial charge in [0.1, 0.15) is 0 Å². The minimum atomic E-state index is -0.919. The number of unbranched alkanes of at least 4 members (excludes halogenated alkanes) is 4. The molecule has 2 amide bonds. The number of nitrogens with zero attached hydrogens (tertiary/aromatic N) is 1. The maximum atomic E-state index is 12.6. The van der Waals surface area contributed by atoms with Gasteiger partial charge in [-0.1, -0.05) is 75.9 Å². The first-order valence-corrected chi connectivity index (χ1v) is 13.0. The molecule has 1 aliphatic carbocycles. The van der Waals surface area contributed by atoms with E-state index < -0.39 is 12.1 Å². The van der Waals surface area contributed by atoms with Gasteiger partial charge in [0.25, 0.3) is 0 Å². The summed E-state index contributed by atoms with van der Waals surface area (Å²) in [5.74, 6) is -0.648. The van der Waals surface area contributed by atoms with Crippen LogP contribution in [0.2, 0.25) is 0 Å². The average Bonchev–Trinajstić information content (AvgIpc) is 3.70. The van der Waals surface area contributed by atoms with Gasteiger partial charge in [0.2, 0.25) is 0 Å². The summed E-state index contributed by atoms with van der Waals surface area (Å²) in [5, 5.41) is 12.6. The van der Waals surface area contributed by atoms with Crippen LogP contribution in [0.3, 0.4) is 0 Å². The summed E-state index contributed by atoms with van der Waals surface area (Å²) in [7, 11) is 1.78. The Morgan fingerprint density at radius 2 is 1.77 bits per heavy atom. The molecule has 1 aliphatic rings. The molecule has 0 bridgehead atoms. The van der Waals surface area contributed by atoms with Gasteiger partial charge >= 0.3 is 12.0 Å². The summed E-state index contributed by atoms with van der Waals surface area (Å²) >= 11 is 0. The topological polar surface area (TPSA) is 78.9 Å². The third-order valence-corrected chi connectivity index (χ3v) is 6.77. The van der Waals surface area contributed by atoms with E-state index in [4.69, 9.17) is 4.74 Å². The molecule has 2 aromatic carbocycles. The molecule has 1 saturated carbocycles. The van der Waals surface area contributed by atoms with E-state index >= 15 is 0 Å². The van der Waals surface area contributed by atoms with Crippen molar-refractivity contribution in [1.82, 2.24) is 5.32 Å². The highest BCUT2D eigenvalue weighted by Gasteiger charge is 2.30. The van der Waals surface area contributed by atoms with Gasteiger partial charge in [0.15, 0.2) is 6.10 Å². The number of rotatable bonds is 14. The number of benzene rings is 2. The van der Waals surface area contributed by atoms with E-state index in [2.05, 4.69) is 12.2 Å². The van der Waals surface area contributed by atoms with E-state index in [0.29, 0.717) is 19.1 Å². The molecule has 6 nitrogen and oxygen atoms in total. The fourth-order valence-electron chi connectivity index (χ4n) is 4.16. The number of carbonyl (C=O) groups excluding carboxylic acids is 1. The van der Waals surface area contributed by atoms with Crippen LogP contribution in [0.15, 0.2) is 48.5 Å². The van der Waals surface area contributed by atoms with Crippen molar-refractivity contribution >= 4 is 17.7 Å². The van der Waals surface area contributed by atoms with Gasteiger partial charge in [-0.05, 0) is 54.0 Å². The highest BCUT2D eigenvalue weighted by Crippen LogP contribution is 2.32. The van der Waals surface area contributed by atoms with Crippen molar-refractivity contribution in [1.29, 1.82) is 0 Å². The molecule has 0 saturated heterocycles. The molecule has 2 N–H and O–H groups in total. The van der Waals surface area contributed by atoms with Crippen LogP contribution < -0.4 is 10.2 Å². The quantitative estimate of drug-likeness (QED) is 0.304. The van der Waals surface area contributed by atoms with Crippen molar-refractivity contribution in [2.75, 3.05) is 25.1 Å². The third kappa shape index (κ3) is 8.10. The van der Waals surface area contributed by atoms with Crippen LogP contribution in [0.4, 0.5) is 10.5 Å². The van der Waals surface area contributed by atoms with Gasteiger partial charge in [-0.2, -0.15) is 0 Å². The van der Waals surface area contributed by atoms with Crippen molar-refractivity contribution < 1.29 is 19.4 Å². The standard InChI is InChI=1S/C29H40N2O4/c1-4-5-6-7-8-18-30-29(34)31(3)26-11-9-10-25(19-26)24-16-14-23(15-17-24)21(2)27(28(32)33)35-20-22-12-13-22/h9-11,14-17,19,21-22,27H,4-8,12-13,18,20H2,1-3H3,(H,30,34)(H,32,33). The maximum absolute atomic E-state index is 12.6. The fourth-order valence-corrected chi connectivity index (χ4v) is 4.16. The molecule has 0 spiro atoms. The summed E-state index contributed by atoms with van der Waals surface area (Å²) < 4.78 is 5.73. The number of anilines is 1. The SMILES string of the molecule is CCCCCCCNC(=O)N(C)c1cccc(-c2ccc(C(C)C(OCC3CC3)C(=O)O)cc2)c1. The molecule has 2 unspecified atom stereocenters. The lowest BCUT2D eigenvalue weighted by atomic mass is 9.93. The number of nitrogens with one attached hydrogen (secondary N) is 1. The lowest BCUT2D eigenvalue weighted by Gasteiger charge is -2.21. The van der Waals surface area contributed by atoms with E-state index in [0.717, 1.165) is 48.1 Å². The van der Waals surface area contributed by atoms with Crippen molar-refractivity contribution in [3.05, 3.63) is 54.1 Å². The number of urea groups is 1. The molecule has 0 heterocycles. The number of amides is 2. The number of carbonyl (C=O) groups is 2. The van der Waals surface area contributed by atoms with Crippen LogP contribution in [-0.4, -0.2) is 43.4 Å². The molecule has 1 fully saturated rings. The smallest absolute Gasteiger partial charge is 0.333 e. The second-order valence-corrected chi connectivity index (χ2v) is 9.70. The Labute approximate surface area is 209 Å². The second-order valence-electron chi connectivity index (χ2n) is 9.70. The van der Waals surface area contributed by atoms with Crippen molar-refractivity contribution in [2.24, 2.45) is 5.92 Å². The van der Waals surface area contributed by atoms with Crippen LogP contribution in [0.25, 0.3) is 11.1 Å². The summed E-state index contributed by atoms with van der Waals surface area (Å²) in [6, 6.07) is 15.7. The Hall–Kier alpha value is -2.86. The van der Waals surface area contributed by atoms with Crippen LogP contribution >= 0.6 is 0 Å². The summed E-state index contributed by atoms with van der Waals surface area (Å²) in [6.07, 6.45) is 7.23. The van der Waals surface area contributed by atoms with Crippen molar-refractivity contribution in [3.8, 4) is 11.1 Å². The number of hydrogen-bond acceptors (Lipinski definition) is 3. The molecule has 6 heteroatoms. The minimum Gasteiger partial charge on any atom is -0.479 e. The van der Waals surface area contributed by atoms with Gasteiger partial charge in [0.05, 0.1) is 6.61 Å². The first-order chi connectivity index (χ1) is 16.9. The molecule has 2 atom stereocenters. The van der Waals surface area contributed by atoms with E-state index in [1.54, 1.807) is 11.9 Å². The Morgan fingerprint density at radius 1 is 1.06 bits per heavy atom. The lowest BCUT2D eigenvalue weighted by molar-refractivity contribution is -0.152.